The molecule has 4 nitrogen and oxygen atoms in total. The summed E-state index contributed by atoms with van der Waals surface area (Å²) in [7, 11) is 0. The first-order valence-corrected chi connectivity index (χ1v) is 7.54. The first-order valence-electron chi connectivity index (χ1n) is 6.31. The molecule has 1 unspecified atom stereocenters. The Morgan fingerprint density at radius 3 is 2.42 bits per heavy atom. The van der Waals surface area contributed by atoms with Gasteiger partial charge in [-0.2, -0.15) is 5.10 Å². The summed E-state index contributed by atoms with van der Waals surface area (Å²) in [6.45, 7) is 6.03. The fourth-order valence-corrected chi connectivity index (χ4v) is 2.33. The Bertz CT molecular complexity index is 522. The molecule has 19 heavy (non-hydrogen) atoms. The van der Waals surface area contributed by atoms with Crippen LogP contribution in [0.15, 0.2) is 35.5 Å². The van der Waals surface area contributed by atoms with Crippen LogP contribution in [-0.2, 0) is 4.74 Å². The molecule has 0 saturated heterocycles. The molecule has 0 aliphatic carbocycles. The number of hydrogen-bond donors (Lipinski definition) is 0. The third kappa shape index (κ3) is 3.36. The van der Waals surface area contributed by atoms with Crippen LogP contribution >= 0.6 is 11.8 Å². The molecule has 2 aromatic rings. The molecule has 0 N–H and O–H groups in total. The van der Waals surface area contributed by atoms with E-state index >= 15 is 0 Å². The SMILES string of the molecule is CSc1ccc(-n2ncnc2C(C)OC(C)C)cc1. The molecule has 0 amide bonds. The first kappa shape index (κ1) is 14.1. The van der Waals surface area contributed by atoms with Crippen LogP contribution in [0.1, 0.15) is 32.7 Å². The number of aromatic nitrogens is 3. The van der Waals surface area contributed by atoms with E-state index in [1.165, 1.54) is 4.90 Å². The first-order chi connectivity index (χ1) is 9.11. The van der Waals surface area contributed by atoms with E-state index in [0.717, 1.165) is 11.5 Å². The highest BCUT2D eigenvalue weighted by atomic mass is 32.2. The quantitative estimate of drug-likeness (QED) is 0.785. The third-order valence-corrected chi connectivity index (χ3v) is 3.47. The van der Waals surface area contributed by atoms with Crippen LogP contribution in [0.3, 0.4) is 0 Å². The zero-order chi connectivity index (χ0) is 13.8. The van der Waals surface area contributed by atoms with Crippen molar-refractivity contribution in [2.45, 2.75) is 37.9 Å². The van der Waals surface area contributed by atoms with Gasteiger partial charge >= 0.3 is 0 Å². The van der Waals surface area contributed by atoms with Gasteiger partial charge in [-0.3, -0.25) is 0 Å². The van der Waals surface area contributed by atoms with Crippen molar-refractivity contribution in [1.29, 1.82) is 0 Å². The molecule has 0 bridgehead atoms. The number of hydrogen-bond acceptors (Lipinski definition) is 4. The van der Waals surface area contributed by atoms with E-state index in [2.05, 4.69) is 28.5 Å². The second-order valence-corrected chi connectivity index (χ2v) is 5.43. The maximum atomic E-state index is 5.77. The smallest absolute Gasteiger partial charge is 0.160 e. The fourth-order valence-electron chi connectivity index (χ4n) is 1.92. The van der Waals surface area contributed by atoms with Crippen molar-refractivity contribution in [1.82, 2.24) is 14.8 Å². The van der Waals surface area contributed by atoms with Crippen LogP contribution in [-0.4, -0.2) is 27.1 Å². The lowest BCUT2D eigenvalue weighted by Crippen LogP contribution is -2.13. The molecule has 0 aliphatic heterocycles. The fraction of sp³-hybridized carbons (Fsp3) is 0.429. The van der Waals surface area contributed by atoms with E-state index in [0.29, 0.717) is 0 Å². The minimum Gasteiger partial charge on any atom is -0.368 e. The van der Waals surface area contributed by atoms with E-state index in [-0.39, 0.29) is 12.2 Å². The molecule has 5 heteroatoms. The van der Waals surface area contributed by atoms with Gasteiger partial charge < -0.3 is 4.74 Å². The molecule has 1 atom stereocenters. The van der Waals surface area contributed by atoms with Gasteiger partial charge in [-0.1, -0.05) is 0 Å². The van der Waals surface area contributed by atoms with Crippen molar-refractivity contribution in [3.63, 3.8) is 0 Å². The Hall–Kier alpha value is -1.33. The van der Waals surface area contributed by atoms with Crippen molar-refractivity contribution >= 4 is 11.8 Å². The summed E-state index contributed by atoms with van der Waals surface area (Å²) < 4.78 is 7.60. The van der Waals surface area contributed by atoms with Crippen LogP contribution in [0.4, 0.5) is 0 Å². The van der Waals surface area contributed by atoms with Crippen molar-refractivity contribution in [3.8, 4) is 5.69 Å². The monoisotopic (exact) mass is 277 g/mol. The van der Waals surface area contributed by atoms with Gasteiger partial charge in [0.05, 0.1) is 11.8 Å². The second-order valence-electron chi connectivity index (χ2n) is 4.56. The lowest BCUT2D eigenvalue weighted by molar-refractivity contribution is 0.0117. The highest BCUT2D eigenvalue weighted by Crippen LogP contribution is 2.21. The summed E-state index contributed by atoms with van der Waals surface area (Å²) in [5.41, 5.74) is 1.00. The molecule has 0 fully saturated rings. The number of nitrogens with zero attached hydrogens (tertiary/aromatic N) is 3. The largest absolute Gasteiger partial charge is 0.368 e. The minimum atomic E-state index is -0.0808. The number of ether oxygens (including phenoxy) is 1. The third-order valence-electron chi connectivity index (χ3n) is 2.73. The predicted molar refractivity (Wildman–Crippen MR) is 77.8 cm³/mol. The Balaban J connectivity index is 2.27. The average molecular weight is 277 g/mol. The Labute approximate surface area is 118 Å². The highest BCUT2D eigenvalue weighted by molar-refractivity contribution is 7.98. The van der Waals surface area contributed by atoms with Gasteiger partial charge in [0.25, 0.3) is 0 Å². The van der Waals surface area contributed by atoms with Gasteiger partial charge in [0, 0.05) is 4.90 Å². The van der Waals surface area contributed by atoms with Crippen LogP contribution in [0, 0.1) is 0 Å². The highest BCUT2D eigenvalue weighted by Gasteiger charge is 2.16. The number of rotatable bonds is 5. The predicted octanol–water partition coefficient (Wildman–Crippen LogP) is 3.48. The summed E-state index contributed by atoms with van der Waals surface area (Å²) in [6.07, 6.45) is 3.72. The molecule has 2 rings (SSSR count). The lowest BCUT2D eigenvalue weighted by atomic mass is 10.3. The lowest BCUT2D eigenvalue weighted by Gasteiger charge is -2.16. The van der Waals surface area contributed by atoms with Crippen LogP contribution in [0.25, 0.3) is 5.69 Å². The summed E-state index contributed by atoms with van der Waals surface area (Å²) in [6, 6.07) is 8.26. The van der Waals surface area contributed by atoms with E-state index < -0.39 is 0 Å². The summed E-state index contributed by atoms with van der Waals surface area (Å²) in [5.74, 6) is 0.825. The van der Waals surface area contributed by atoms with Crippen molar-refractivity contribution < 1.29 is 4.74 Å². The Morgan fingerprint density at radius 2 is 1.84 bits per heavy atom. The van der Waals surface area contributed by atoms with Crippen molar-refractivity contribution in [2.24, 2.45) is 0 Å². The van der Waals surface area contributed by atoms with Gasteiger partial charge in [-0.15, -0.1) is 11.8 Å². The van der Waals surface area contributed by atoms with Gasteiger partial charge in [0.2, 0.25) is 0 Å². The van der Waals surface area contributed by atoms with Gasteiger partial charge in [0.1, 0.15) is 12.4 Å². The van der Waals surface area contributed by atoms with Crippen LogP contribution < -0.4 is 0 Å². The summed E-state index contributed by atoms with van der Waals surface area (Å²) >= 11 is 1.72. The van der Waals surface area contributed by atoms with E-state index in [1.807, 2.05) is 37.6 Å². The standard InChI is InChI=1S/C14H19N3OS/c1-10(2)18-11(3)14-15-9-16-17(14)12-5-7-13(19-4)8-6-12/h5-11H,1-4H3. The number of benzene rings is 1. The maximum Gasteiger partial charge on any atom is 0.160 e. The molecule has 0 aliphatic rings. The van der Waals surface area contributed by atoms with Gasteiger partial charge in [0.15, 0.2) is 5.82 Å². The molecule has 1 heterocycles. The van der Waals surface area contributed by atoms with Crippen LogP contribution in [0.5, 0.6) is 0 Å². The van der Waals surface area contributed by atoms with E-state index in [1.54, 1.807) is 18.1 Å². The van der Waals surface area contributed by atoms with Crippen molar-refractivity contribution in [2.75, 3.05) is 6.26 Å². The number of thioether (sulfide) groups is 1. The topological polar surface area (TPSA) is 39.9 Å². The molecule has 102 valence electrons. The Morgan fingerprint density at radius 1 is 1.16 bits per heavy atom. The summed E-state index contributed by atoms with van der Waals surface area (Å²) in [5, 5.41) is 4.29. The average Bonchev–Trinajstić information content (AvgIpc) is 2.87. The van der Waals surface area contributed by atoms with E-state index in [9.17, 15) is 0 Å². The van der Waals surface area contributed by atoms with Gasteiger partial charge in [-0.05, 0) is 51.3 Å². The second kappa shape index (κ2) is 6.21. The zero-order valence-electron chi connectivity index (χ0n) is 11.7. The van der Waals surface area contributed by atoms with Crippen molar-refractivity contribution in [3.05, 3.63) is 36.4 Å². The molecule has 0 saturated carbocycles. The molecular weight excluding hydrogens is 258 g/mol. The van der Waals surface area contributed by atoms with Crippen LogP contribution in [0.2, 0.25) is 0 Å². The van der Waals surface area contributed by atoms with E-state index in [4.69, 9.17) is 4.74 Å². The van der Waals surface area contributed by atoms with Gasteiger partial charge in [-0.25, -0.2) is 9.67 Å². The molecule has 1 aromatic carbocycles. The molecule has 0 radical (unpaired) electrons. The summed E-state index contributed by atoms with van der Waals surface area (Å²) in [4.78, 5) is 5.54. The molecular formula is C14H19N3OS. The zero-order valence-corrected chi connectivity index (χ0v) is 12.5. The molecule has 1 aromatic heterocycles. The maximum absolute atomic E-state index is 5.77. The minimum absolute atomic E-state index is 0.0808. The molecule has 0 spiro atoms. The normalized spacial score (nSPS) is 12.9. The Kier molecular flexibility index (Phi) is 4.61.